The molecule has 0 bridgehead atoms. The average molecular weight is 452 g/mol. The van der Waals surface area contributed by atoms with Gasteiger partial charge in [-0.05, 0) is 36.8 Å². The molecule has 0 aromatic heterocycles. The van der Waals surface area contributed by atoms with E-state index in [0.29, 0.717) is 0 Å². The zero-order valence-corrected chi connectivity index (χ0v) is 18.8. The summed E-state index contributed by atoms with van der Waals surface area (Å²) < 4.78 is 7.34. The van der Waals surface area contributed by atoms with E-state index in [0.717, 1.165) is 11.8 Å². The number of fused-ring (bicyclic) bond motifs is 1. The Labute approximate surface area is 176 Å². The van der Waals surface area contributed by atoms with Gasteiger partial charge in [-0.15, -0.1) is 0 Å². The second-order valence-corrected chi connectivity index (χ2v) is 12.2. The highest BCUT2D eigenvalue weighted by atomic mass is 79.9. The molecule has 0 N–H and O–H groups in total. The Hall–Kier alpha value is -1.47. The molecular formula is C25H25BrOP+. The topological polar surface area (TPSA) is 9.23 Å². The third-order valence-electron chi connectivity index (χ3n) is 7.19. The van der Waals surface area contributed by atoms with Gasteiger partial charge >= 0.3 is 0 Å². The maximum absolute atomic E-state index is 7.34. The SMILES string of the molecule is CC1(CBr)O[P+](c2ccccc2)(c2ccccc2)C2(c3ccccc3)CC12C. The summed E-state index contributed by atoms with van der Waals surface area (Å²) in [6.45, 7) is 4.74. The first-order valence-corrected chi connectivity index (χ1v) is 12.7. The van der Waals surface area contributed by atoms with Crippen molar-refractivity contribution in [3.63, 3.8) is 0 Å². The van der Waals surface area contributed by atoms with Gasteiger partial charge in [0.1, 0.15) is 21.4 Å². The van der Waals surface area contributed by atoms with Crippen molar-refractivity contribution in [2.45, 2.75) is 31.0 Å². The van der Waals surface area contributed by atoms with E-state index in [2.05, 4.69) is 121 Å². The normalized spacial score (nSPS) is 32.7. The molecule has 1 nitrogen and oxygen atoms in total. The predicted octanol–water partition coefficient (Wildman–Crippen LogP) is 6.06. The molecule has 2 aliphatic rings. The monoisotopic (exact) mass is 451 g/mol. The van der Waals surface area contributed by atoms with Crippen molar-refractivity contribution in [1.82, 2.24) is 0 Å². The quantitative estimate of drug-likeness (QED) is 0.346. The zero-order valence-electron chi connectivity index (χ0n) is 16.3. The van der Waals surface area contributed by atoms with Gasteiger partial charge in [0.05, 0.1) is 5.41 Å². The molecule has 3 unspecified atom stereocenters. The lowest BCUT2D eigenvalue weighted by Crippen LogP contribution is -2.37. The van der Waals surface area contributed by atoms with Crippen LogP contribution < -0.4 is 10.6 Å². The minimum Gasteiger partial charge on any atom is -0.218 e. The number of rotatable bonds is 4. The van der Waals surface area contributed by atoms with Gasteiger partial charge in [-0.1, -0.05) is 89.6 Å². The van der Waals surface area contributed by atoms with Gasteiger partial charge in [-0.3, -0.25) is 0 Å². The minimum atomic E-state index is -2.15. The third kappa shape index (κ3) is 2.09. The second kappa shape index (κ2) is 6.26. The fourth-order valence-electron chi connectivity index (χ4n) is 5.49. The largest absolute Gasteiger partial charge is 0.222 e. The Morgan fingerprint density at radius 2 is 1.25 bits per heavy atom. The van der Waals surface area contributed by atoms with Crippen molar-refractivity contribution in [2.75, 3.05) is 5.33 Å². The molecule has 142 valence electrons. The van der Waals surface area contributed by atoms with E-state index in [1.54, 1.807) is 0 Å². The number of alkyl halides is 1. The lowest BCUT2D eigenvalue weighted by atomic mass is 9.85. The number of hydrogen-bond acceptors (Lipinski definition) is 1. The molecule has 3 heteroatoms. The first kappa shape index (κ1) is 18.6. The molecule has 0 spiro atoms. The van der Waals surface area contributed by atoms with Crippen LogP contribution in [0.5, 0.6) is 0 Å². The summed E-state index contributed by atoms with van der Waals surface area (Å²) in [4.78, 5) is 0. The van der Waals surface area contributed by atoms with E-state index in [-0.39, 0.29) is 16.2 Å². The molecule has 1 saturated heterocycles. The Balaban J connectivity index is 1.88. The Kier molecular flexibility index (Phi) is 4.15. The summed E-state index contributed by atoms with van der Waals surface area (Å²) in [6.07, 6.45) is 1.16. The standard InChI is InChI=1S/C25H25BrOP/c1-23-18-25(23,20-12-6-3-7-13-20)28(27-24(23,2)19-26,21-14-8-4-9-15-21)22-16-10-5-11-17-22/h3-17H,18-19H2,1-2H3/q+1. The highest BCUT2D eigenvalue weighted by molar-refractivity contribution is 9.09. The molecule has 0 radical (unpaired) electrons. The molecule has 1 heterocycles. The molecule has 3 aromatic carbocycles. The summed E-state index contributed by atoms with van der Waals surface area (Å²) >= 11 is 3.82. The van der Waals surface area contributed by atoms with Crippen LogP contribution in [0.3, 0.4) is 0 Å². The lowest BCUT2D eigenvalue weighted by Gasteiger charge is -2.32. The molecule has 1 saturated carbocycles. The van der Waals surface area contributed by atoms with E-state index < -0.39 is 7.49 Å². The summed E-state index contributed by atoms with van der Waals surface area (Å²) in [5.74, 6) is 0. The first-order valence-electron chi connectivity index (χ1n) is 9.87. The Morgan fingerprint density at radius 3 is 1.71 bits per heavy atom. The highest BCUT2D eigenvalue weighted by Gasteiger charge is 2.94. The zero-order chi connectivity index (χ0) is 19.5. The molecule has 2 fully saturated rings. The van der Waals surface area contributed by atoms with Crippen LogP contribution in [0.25, 0.3) is 0 Å². The summed E-state index contributed by atoms with van der Waals surface area (Å²) in [5.41, 5.74) is 1.29. The average Bonchev–Trinajstić information content (AvgIpc) is 3.38. The number of benzene rings is 3. The molecule has 3 aromatic rings. The molecule has 0 amide bonds. The highest BCUT2D eigenvalue weighted by Crippen LogP contribution is 2.97. The van der Waals surface area contributed by atoms with Crippen LogP contribution in [0.1, 0.15) is 25.8 Å². The fourth-order valence-corrected chi connectivity index (χ4v) is 12.0. The summed E-state index contributed by atoms with van der Waals surface area (Å²) in [5, 5.41) is 3.54. The molecule has 5 rings (SSSR count). The molecule has 1 aliphatic heterocycles. The fraction of sp³-hybridized carbons (Fsp3) is 0.280. The van der Waals surface area contributed by atoms with Crippen LogP contribution in [-0.2, 0) is 9.68 Å². The Bertz CT molecular complexity index is 953. The predicted molar refractivity (Wildman–Crippen MR) is 123 cm³/mol. The molecule has 28 heavy (non-hydrogen) atoms. The maximum atomic E-state index is 7.34. The minimum absolute atomic E-state index is 0.00644. The summed E-state index contributed by atoms with van der Waals surface area (Å²) in [6, 6.07) is 33.1. The first-order chi connectivity index (χ1) is 13.5. The van der Waals surface area contributed by atoms with Gasteiger partial charge in [-0.25, -0.2) is 4.52 Å². The van der Waals surface area contributed by atoms with Gasteiger partial charge in [0.15, 0.2) is 0 Å². The molecule has 1 aliphatic carbocycles. The number of halogens is 1. The molecular weight excluding hydrogens is 427 g/mol. The van der Waals surface area contributed by atoms with Crippen LogP contribution in [0.4, 0.5) is 0 Å². The van der Waals surface area contributed by atoms with E-state index in [9.17, 15) is 0 Å². The smallest absolute Gasteiger partial charge is 0.218 e. The van der Waals surface area contributed by atoms with Crippen LogP contribution in [0, 0.1) is 5.41 Å². The van der Waals surface area contributed by atoms with Crippen LogP contribution in [0.2, 0.25) is 0 Å². The van der Waals surface area contributed by atoms with Crippen LogP contribution in [-0.4, -0.2) is 10.9 Å². The van der Waals surface area contributed by atoms with Crippen molar-refractivity contribution >= 4 is 34.0 Å². The van der Waals surface area contributed by atoms with Gasteiger partial charge in [0.2, 0.25) is 7.49 Å². The van der Waals surface area contributed by atoms with Crippen molar-refractivity contribution in [3.05, 3.63) is 96.6 Å². The van der Waals surface area contributed by atoms with Crippen molar-refractivity contribution < 1.29 is 4.52 Å². The van der Waals surface area contributed by atoms with Crippen LogP contribution >= 0.6 is 23.4 Å². The number of hydrogen-bond donors (Lipinski definition) is 0. The van der Waals surface area contributed by atoms with Gasteiger partial charge < -0.3 is 0 Å². The van der Waals surface area contributed by atoms with Gasteiger partial charge in [0, 0.05) is 11.8 Å². The van der Waals surface area contributed by atoms with Gasteiger partial charge in [-0.2, -0.15) is 0 Å². The second-order valence-electron chi connectivity index (χ2n) is 8.47. The van der Waals surface area contributed by atoms with E-state index >= 15 is 0 Å². The molecule has 3 atom stereocenters. The van der Waals surface area contributed by atoms with E-state index in [1.807, 2.05) is 0 Å². The van der Waals surface area contributed by atoms with Gasteiger partial charge in [0.25, 0.3) is 0 Å². The van der Waals surface area contributed by atoms with Crippen molar-refractivity contribution in [2.24, 2.45) is 5.41 Å². The maximum Gasteiger partial charge on any atom is 0.222 e. The van der Waals surface area contributed by atoms with E-state index in [1.165, 1.54) is 16.2 Å². The third-order valence-corrected chi connectivity index (χ3v) is 13.0. The summed E-state index contributed by atoms with van der Waals surface area (Å²) in [7, 11) is -2.15. The van der Waals surface area contributed by atoms with Crippen LogP contribution in [0.15, 0.2) is 91.0 Å². The lowest BCUT2D eigenvalue weighted by molar-refractivity contribution is 0.0757. The Morgan fingerprint density at radius 1 is 0.786 bits per heavy atom. The van der Waals surface area contributed by atoms with Crippen molar-refractivity contribution in [1.29, 1.82) is 0 Å². The van der Waals surface area contributed by atoms with Crippen molar-refractivity contribution in [3.8, 4) is 0 Å². The van der Waals surface area contributed by atoms with E-state index in [4.69, 9.17) is 4.52 Å².